The van der Waals surface area contributed by atoms with Gasteiger partial charge in [0.05, 0.1) is 19.4 Å². The molecular weight excluding hydrogens is 272 g/mol. The van der Waals surface area contributed by atoms with Gasteiger partial charge in [-0.1, -0.05) is 0 Å². The molecule has 0 spiro atoms. The van der Waals surface area contributed by atoms with Gasteiger partial charge in [-0.25, -0.2) is 4.98 Å². The fourth-order valence-corrected chi connectivity index (χ4v) is 1.78. The van der Waals surface area contributed by atoms with Gasteiger partial charge in [0, 0.05) is 5.56 Å². The Morgan fingerprint density at radius 2 is 2.06 bits per heavy atom. The second-order valence-electron chi connectivity index (χ2n) is 3.24. The van der Waals surface area contributed by atoms with Crippen LogP contribution in [0.3, 0.4) is 0 Å². The summed E-state index contributed by atoms with van der Waals surface area (Å²) < 4.78 is 5.71. The Kier molecular flexibility index (Phi) is 3.26. The molecule has 0 saturated carbocycles. The van der Waals surface area contributed by atoms with Crippen molar-refractivity contribution in [2.45, 2.75) is 6.61 Å². The lowest BCUT2D eigenvalue weighted by molar-refractivity contribution is 0.276. The zero-order valence-electron chi connectivity index (χ0n) is 8.70. The summed E-state index contributed by atoms with van der Waals surface area (Å²) in [5.41, 5.74) is 1.62. The minimum Gasteiger partial charge on any atom is -0.497 e. The van der Waals surface area contributed by atoms with Crippen molar-refractivity contribution in [3.05, 3.63) is 34.6 Å². The summed E-state index contributed by atoms with van der Waals surface area (Å²) in [6, 6.07) is 7.55. The highest BCUT2D eigenvalue weighted by Gasteiger charge is 2.08. The predicted octanol–water partition coefficient (Wildman–Crippen LogP) is 2.34. The molecule has 0 bridgehead atoms. The number of hydrogen-bond donors (Lipinski definition) is 2. The molecule has 0 radical (unpaired) electrons. The molecule has 5 heteroatoms. The van der Waals surface area contributed by atoms with Crippen LogP contribution in [0, 0.1) is 0 Å². The number of aliphatic hydroxyl groups excluding tert-OH is 1. The summed E-state index contributed by atoms with van der Waals surface area (Å²) in [6.07, 6.45) is 0. The number of hydrogen-bond acceptors (Lipinski definition) is 3. The average molecular weight is 283 g/mol. The Balaban J connectivity index is 2.34. The Hall–Kier alpha value is -1.33. The number of aromatic amines is 1. The number of methoxy groups -OCH3 is 1. The summed E-state index contributed by atoms with van der Waals surface area (Å²) in [5.74, 6) is 1.52. The topological polar surface area (TPSA) is 58.1 Å². The van der Waals surface area contributed by atoms with Gasteiger partial charge in [0.25, 0.3) is 0 Å². The van der Waals surface area contributed by atoms with Crippen LogP contribution in [0.4, 0.5) is 0 Å². The van der Waals surface area contributed by atoms with E-state index in [9.17, 15) is 0 Å². The van der Waals surface area contributed by atoms with E-state index in [1.165, 1.54) is 0 Å². The van der Waals surface area contributed by atoms with Crippen molar-refractivity contribution in [1.29, 1.82) is 0 Å². The number of halogens is 1. The van der Waals surface area contributed by atoms with Gasteiger partial charge in [0.2, 0.25) is 0 Å². The molecule has 2 aromatic rings. The van der Waals surface area contributed by atoms with Gasteiger partial charge < -0.3 is 14.8 Å². The van der Waals surface area contributed by atoms with E-state index >= 15 is 0 Å². The molecule has 1 aromatic carbocycles. The molecule has 84 valence electrons. The normalized spacial score (nSPS) is 10.4. The standard InChI is InChI=1S/C11H11BrN2O2/c1-16-8-4-2-7(3-5-8)11-13-9(6-15)10(12)14-11/h2-5,15H,6H2,1H3,(H,13,14). The zero-order valence-corrected chi connectivity index (χ0v) is 10.3. The van der Waals surface area contributed by atoms with Gasteiger partial charge in [0.15, 0.2) is 0 Å². The molecule has 0 unspecified atom stereocenters. The van der Waals surface area contributed by atoms with Crippen LogP contribution in [-0.2, 0) is 6.61 Å². The summed E-state index contributed by atoms with van der Waals surface area (Å²) in [4.78, 5) is 7.30. The van der Waals surface area contributed by atoms with Crippen LogP contribution in [0.5, 0.6) is 5.75 Å². The Bertz CT molecular complexity index is 479. The summed E-state index contributed by atoms with van der Waals surface area (Å²) in [5, 5.41) is 9.04. The van der Waals surface area contributed by atoms with E-state index in [4.69, 9.17) is 9.84 Å². The molecule has 0 aliphatic rings. The first-order chi connectivity index (χ1) is 7.74. The summed E-state index contributed by atoms with van der Waals surface area (Å²) >= 11 is 3.28. The first-order valence-electron chi connectivity index (χ1n) is 4.74. The number of benzene rings is 1. The molecule has 16 heavy (non-hydrogen) atoms. The van der Waals surface area contributed by atoms with Crippen LogP contribution >= 0.6 is 15.9 Å². The van der Waals surface area contributed by atoms with Gasteiger partial charge in [-0.15, -0.1) is 0 Å². The van der Waals surface area contributed by atoms with E-state index in [1.807, 2.05) is 24.3 Å². The molecule has 2 N–H and O–H groups in total. The van der Waals surface area contributed by atoms with Crippen molar-refractivity contribution in [3.63, 3.8) is 0 Å². The highest BCUT2D eigenvalue weighted by Crippen LogP contribution is 2.23. The van der Waals surface area contributed by atoms with Gasteiger partial charge in [0.1, 0.15) is 16.2 Å². The summed E-state index contributed by atoms with van der Waals surface area (Å²) in [7, 11) is 1.63. The fourth-order valence-electron chi connectivity index (χ4n) is 1.38. The van der Waals surface area contributed by atoms with Gasteiger partial charge in [-0.3, -0.25) is 0 Å². The Labute approximate surface area is 101 Å². The molecule has 1 heterocycles. The van der Waals surface area contributed by atoms with Crippen LogP contribution in [0.1, 0.15) is 5.69 Å². The number of ether oxygens (including phenoxy) is 1. The number of H-pyrrole nitrogens is 1. The maximum absolute atomic E-state index is 9.04. The molecular formula is C11H11BrN2O2. The minimum atomic E-state index is -0.0657. The summed E-state index contributed by atoms with van der Waals surface area (Å²) in [6.45, 7) is -0.0657. The van der Waals surface area contributed by atoms with E-state index in [0.717, 1.165) is 17.1 Å². The quantitative estimate of drug-likeness (QED) is 0.909. The average Bonchev–Trinajstić information content (AvgIpc) is 2.71. The highest BCUT2D eigenvalue weighted by molar-refractivity contribution is 9.10. The predicted molar refractivity (Wildman–Crippen MR) is 64.2 cm³/mol. The van der Waals surface area contributed by atoms with Crippen molar-refractivity contribution in [2.75, 3.05) is 7.11 Å². The monoisotopic (exact) mass is 282 g/mol. The zero-order chi connectivity index (χ0) is 11.5. The fraction of sp³-hybridized carbons (Fsp3) is 0.182. The van der Waals surface area contributed by atoms with E-state index in [-0.39, 0.29) is 6.61 Å². The smallest absolute Gasteiger partial charge is 0.138 e. The lowest BCUT2D eigenvalue weighted by Crippen LogP contribution is -1.85. The van der Waals surface area contributed by atoms with Crippen LogP contribution in [0.25, 0.3) is 11.4 Å². The van der Waals surface area contributed by atoms with Gasteiger partial charge >= 0.3 is 0 Å². The lowest BCUT2D eigenvalue weighted by Gasteiger charge is -2.00. The number of nitrogens with one attached hydrogen (secondary N) is 1. The number of aliphatic hydroxyl groups is 1. The highest BCUT2D eigenvalue weighted by atomic mass is 79.9. The third-order valence-electron chi connectivity index (χ3n) is 2.25. The molecule has 0 fully saturated rings. The van der Waals surface area contributed by atoms with E-state index in [2.05, 4.69) is 25.9 Å². The first-order valence-corrected chi connectivity index (χ1v) is 5.53. The van der Waals surface area contributed by atoms with Crippen molar-refractivity contribution in [3.8, 4) is 17.1 Å². The van der Waals surface area contributed by atoms with Crippen molar-refractivity contribution < 1.29 is 9.84 Å². The Morgan fingerprint density at radius 3 is 2.56 bits per heavy atom. The van der Waals surface area contributed by atoms with E-state index in [1.54, 1.807) is 7.11 Å². The van der Waals surface area contributed by atoms with E-state index < -0.39 is 0 Å². The molecule has 0 aliphatic carbocycles. The SMILES string of the molecule is COc1ccc(-c2nc(Br)c(CO)[nH]2)cc1. The number of rotatable bonds is 3. The number of imidazole rings is 1. The maximum Gasteiger partial charge on any atom is 0.138 e. The number of nitrogens with zero attached hydrogens (tertiary/aromatic N) is 1. The van der Waals surface area contributed by atoms with Crippen LogP contribution in [0.2, 0.25) is 0 Å². The molecule has 0 aliphatic heterocycles. The van der Waals surface area contributed by atoms with Crippen molar-refractivity contribution in [2.24, 2.45) is 0 Å². The second-order valence-corrected chi connectivity index (χ2v) is 3.99. The lowest BCUT2D eigenvalue weighted by atomic mass is 10.2. The number of aromatic nitrogens is 2. The molecule has 0 amide bonds. The molecule has 0 saturated heterocycles. The molecule has 0 atom stereocenters. The Morgan fingerprint density at radius 1 is 1.38 bits per heavy atom. The van der Waals surface area contributed by atoms with Crippen LogP contribution in [0.15, 0.2) is 28.9 Å². The first kappa shape index (κ1) is 11.2. The molecule has 4 nitrogen and oxygen atoms in total. The van der Waals surface area contributed by atoms with E-state index in [0.29, 0.717) is 10.3 Å². The minimum absolute atomic E-state index is 0.0657. The molecule has 1 aromatic heterocycles. The van der Waals surface area contributed by atoms with Gasteiger partial charge in [-0.2, -0.15) is 0 Å². The van der Waals surface area contributed by atoms with Crippen LogP contribution < -0.4 is 4.74 Å². The van der Waals surface area contributed by atoms with Crippen LogP contribution in [-0.4, -0.2) is 22.2 Å². The van der Waals surface area contributed by atoms with Crippen molar-refractivity contribution in [1.82, 2.24) is 9.97 Å². The third kappa shape index (κ3) is 2.10. The largest absolute Gasteiger partial charge is 0.497 e. The third-order valence-corrected chi connectivity index (χ3v) is 2.91. The molecule has 2 rings (SSSR count). The van der Waals surface area contributed by atoms with Gasteiger partial charge in [-0.05, 0) is 40.2 Å². The van der Waals surface area contributed by atoms with Crippen molar-refractivity contribution >= 4 is 15.9 Å². The maximum atomic E-state index is 9.04. The second kappa shape index (κ2) is 4.67.